The number of benzene rings is 1. The minimum Gasteiger partial charge on any atom is -0.496 e. The topological polar surface area (TPSA) is 53.2 Å². The molecule has 0 unspecified atom stereocenters. The molecule has 6 heteroatoms. The molecule has 0 radical (unpaired) electrons. The van der Waals surface area contributed by atoms with Crippen molar-refractivity contribution in [3.05, 3.63) is 51.1 Å². The molecule has 21 heavy (non-hydrogen) atoms. The van der Waals surface area contributed by atoms with Crippen molar-refractivity contribution >= 4 is 21.7 Å². The number of rotatable bonds is 6. The quantitative estimate of drug-likeness (QED) is 0.751. The number of hydrogen-bond acceptors (Lipinski definition) is 3. The first-order valence-corrected chi connectivity index (χ1v) is 7.48. The van der Waals surface area contributed by atoms with E-state index in [2.05, 4.69) is 15.9 Å². The molecule has 0 saturated carbocycles. The largest absolute Gasteiger partial charge is 0.496 e. The summed E-state index contributed by atoms with van der Waals surface area (Å²) in [4.78, 5) is 24.3. The molecule has 0 amide bonds. The van der Waals surface area contributed by atoms with Gasteiger partial charge in [0.25, 0.3) is 0 Å². The van der Waals surface area contributed by atoms with Crippen molar-refractivity contribution in [2.24, 2.45) is 0 Å². The van der Waals surface area contributed by atoms with Crippen molar-refractivity contribution in [1.82, 2.24) is 9.13 Å². The maximum absolute atomic E-state index is 12.3. The van der Waals surface area contributed by atoms with Gasteiger partial charge in [0.05, 0.1) is 18.1 Å². The average molecular weight is 353 g/mol. The van der Waals surface area contributed by atoms with Gasteiger partial charge in [-0.15, -0.1) is 0 Å². The van der Waals surface area contributed by atoms with Crippen molar-refractivity contribution in [2.75, 3.05) is 7.11 Å². The molecule has 1 aromatic carbocycles. The number of halogens is 1. The highest BCUT2D eigenvalue weighted by Gasteiger charge is 2.12. The van der Waals surface area contributed by atoms with Crippen LogP contribution >= 0.6 is 15.9 Å². The van der Waals surface area contributed by atoms with Gasteiger partial charge in [-0.3, -0.25) is 13.9 Å². The van der Waals surface area contributed by atoms with Crippen molar-refractivity contribution in [2.45, 2.75) is 26.4 Å². The third-order valence-electron chi connectivity index (χ3n) is 3.17. The van der Waals surface area contributed by atoms with Crippen LogP contribution in [0.3, 0.4) is 0 Å². The standard InChI is InChI=1S/C15H17BrN2O3/c1-3-6-17-7-8-18(15(17)20)10-13(19)11-4-5-14(21-2)12(16)9-11/h4-5,7-9H,3,6,10H2,1-2H3. The number of carbonyl (C=O) groups excluding carboxylic acids is 1. The van der Waals surface area contributed by atoms with E-state index in [1.54, 1.807) is 42.3 Å². The van der Waals surface area contributed by atoms with Gasteiger partial charge in [0.1, 0.15) is 5.75 Å². The molecule has 1 aromatic heterocycles. The maximum atomic E-state index is 12.3. The van der Waals surface area contributed by atoms with Crippen LogP contribution in [0.25, 0.3) is 0 Å². The molecule has 0 spiro atoms. The normalized spacial score (nSPS) is 10.6. The molecular weight excluding hydrogens is 336 g/mol. The van der Waals surface area contributed by atoms with Crippen LogP contribution in [0.1, 0.15) is 23.7 Å². The molecular formula is C15H17BrN2O3. The smallest absolute Gasteiger partial charge is 0.328 e. The maximum Gasteiger partial charge on any atom is 0.328 e. The first-order valence-electron chi connectivity index (χ1n) is 6.69. The minimum atomic E-state index is -0.155. The average Bonchev–Trinajstić information content (AvgIpc) is 2.80. The van der Waals surface area contributed by atoms with Crippen molar-refractivity contribution in [1.29, 1.82) is 0 Å². The Balaban J connectivity index is 2.18. The number of aryl methyl sites for hydroxylation is 1. The summed E-state index contributed by atoms with van der Waals surface area (Å²) in [7, 11) is 1.57. The fourth-order valence-corrected chi connectivity index (χ4v) is 2.61. The lowest BCUT2D eigenvalue weighted by atomic mass is 10.1. The van der Waals surface area contributed by atoms with Crippen LogP contribution in [0.2, 0.25) is 0 Å². The Kier molecular flexibility index (Phi) is 5.01. The first kappa shape index (κ1) is 15.6. The SMILES string of the molecule is CCCn1ccn(CC(=O)c2ccc(OC)c(Br)c2)c1=O. The number of imidazole rings is 1. The summed E-state index contributed by atoms with van der Waals surface area (Å²) in [6.07, 6.45) is 4.24. The number of ketones is 1. The molecule has 0 aliphatic carbocycles. The van der Waals surface area contributed by atoms with Crippen molar-refractivity contribution < 1.29 is 9.53 Å². The summed E-state index contributed by atoms with van der Waals surface area (Å²) in [6.45, 7) is 2.70. The van der Waals surface area contributed by atoms with Crippen LogP contribution in [0.15, 0.2) is 39.9 Å². The van der Waals surface area contributed by atoms with E-state index in [0.29, 0.717) is 22.3 Å². The predicted octanol–water partition coefficient (Wildman–Crippen LogP) is 2.71. The summed E-state index contributed by atoms with van der Waals surface area (Å²) >= 11 is 3.35. The molecule has 0 aliphatic rings. The van der Waals surface area contributed by atoms with Gasteiger partial charge in [-0.05, 0) is 40.5 Å². The second-order valence-electron chi connectivity index (χ2n) is 4.67. The molecule has 0 saturated heterocycles. The molecule has 2 aromatic rings. The van der Waals surface area contributed by atoms with Crippen molar-refractivity contribution in [3.63, 3.8) is 0 Å². The zero-order chi connectivity index (χ0) is 15.4. The van der Waals surface area contributed by atoms with E-state index in [0.717, 1.165) is 6.42 Å². The van der Waals surface area contributed by atoms with Gasteiger partial charge in [-0.2, -0.15) is 0 Å². The molecule has 0 aliphatic heterocycles. The second kappa shape index (κ2) is 6.76. The van der Waals surface area contributed by atoms with Gasteiger partial charge < -0.3 is 4.74 Å². The summed E-state index contributed by atoms with van der Waals surface area (Å²) < 4.78 is 8.88. The molecule has 0 fully saturated rings. The Labute approximate surface area is 131 Å². The summed E-state index contributed by atoms with van der Waals surface area (Å²) in [5.41, 5.74) is 0.385. The van der Waals surface area contributed by atoms with Gasteiger partial charge in [-0.25, -0.2) is 4.79 Å². The van der Waals surface area contributed by atoms with E-state index in [9.17, 15) is 9.59 Å². The minimum absolute atomic E-state index is 0.0360. The Bertz CT molecular complexity index is 703. The highest BCUT2D eigenvalue weighted by Crippen LogP contribution is 2.25. The first-order chi connectivity index (χ1) is 10.1. The predicted molar refractivity (Wildman–Crippen MR) is 84.0 cm³/mol. The lowest BCUT2D eigenvalue weighted by Gasteiger charge is -2.06. The zero-order valence-electron chi connectivity index (χ0n) is 12.0. The van der Waals surface area contributed by atoms with Crippen LogP contribution in [0, 0.1) is 0 Å². The van der Waals surface area contributed by atoms with Crippen LogP contribution in [0.5, 0.6) is 5.75 Å². The number of nitrogens with zero attached hydrogens (tertiary/aromatic N) is 2. The van der Waals surface area contributed by atoms with E-state index in [-0.39, 0.29) is 18.0 Å². The molecule has 0 N–H and O–H groups in total. The molecule has 0 atom stereocenters. The number of Topliss-reactive ketones (excluding diaryl/α,β-unsaturated/α-hetero) is 1. The lowest BCUT2D eigenvalue weighted by Crippen LogP contribution is -2.26. The Morgan fingerprint density at radius 3 is 2.62 bits per heavy atom. The monoisotopic (exact) mass is 352 g/mol. The third kappa shape index (κ3) is 3.44. The number of ether oxygens (including phenoxy) is 1. The number of methoxy groups -OCH3 is 1. The van der Waals surface area contributed by atoms with Gasteiger partial charge in [0.2, 0.25) is 0 Å². The van der Waals surface area contributed by atoms with Crippen molar-refractivity contribution in [3.8, 4) is 5.75 Å². The highest BCUT2D eigenvalue weighted by molar-refractivity contribution is 9.10. The summed E-state index contributed by atoms with van der Waals surface area (Å²) in [5.74, 6) is 0.549. The molecule has 112 valence electrons. The van der Waals surface area contributed by atoms with Crippen LogP contribution in [0.4, 0.5) is 0 Å². The zero-order valence-corrected chi connectivity index (χ0v) is 13.6. The molecule has 2 rings (SSSR count). The summed E-state index contributed by atoms with van der Waals surface area (Å²) in [5, 5.41) is 0. The molecule has 5 nitrogen and oxygen atoms in total. The Morgan fingerprint density at radius 2 is 2.00 bits per heavy atom. The van der Waals surface area contributed by atoms with Gasteiger partial charge in [0.15, 0.2) is 5.78 Å². The van der Waals surface area contributed by atoms with Gasteiger partial charge in [-0.1, -0.05) is 6.92 Å². The lowest BCUT2D eigenvalue weighted by molar-refractivity contribution is 0.0970. The van der Waals surface area contributed by atoms with Crippen LogP contribution in [-0.4, -0.2) is 22.0 Å². The Morgan fingerprint density at radius 1 is 1.29 bits per heavy atom. The van der Waals surface area contributed by atoms with Gasteiger partial charge in [0, 0.05) is 24.5 Å². The number of carbonyl (C=O) groups is 1. The van der Waals surface area contributed by atoms with Gasteiger partial charge >= 0.3 is 5.69 Å². The second-order valence-corrected chi connectivity index (χ2v) is 5.53. The molecule has 0 bridgehead atoms. The van der Waals surface area contributed by atoms with E-state index in [1.807, 2.05) is 6.92 Å². The highest BCUT2D eigenvalue weighted by atomic mass is 79.9. The van der Waals surface area contributed by atoms with Crippen LogP contribution in [-0.2, 0) is 13.1 Å². The van der Waals surface area contributed by atoms with E-state index >= 15 is 0 Å². The Hall–Kier alpha value is -1.82. The number of aromatic nitrogens is 2. The fourth-order valence-electron chi connectivity index (χ4n) is 2.07. The molecule has 1 heterocycles. The van der Waals surface area contributed by atoms with E-state index in [4.69, 9.17) is 4.74 Å². The fraction of sp³-hybridized carbons (Fsp3) is 0.333. The summed E-state index contributed by atoms with van der Waals surface area (Å²) in [6, 6.07) is 5.12. The third-order valence-corrected chi connectivity index (χ3v) is 3.79. The van der Waals surface area contributed by atoms with E-state index < -0.39 is 0 Å². The van der Waals surface area contributed by atoms with E-state index in [1.165, 1.54) is 4.57 Å². The van der Waals surface area contributed by atoms with Crippen LogP contribution < -0.4 is 10.4 Å². The number of hydrogen-bond donors (Lipinski definition) is 0.